The van der Waals surface area contributed by atoms with E-state index in [1.54, 1.807) is 6.92 Å². The molecule has 0 aliphatic heterocycles. The van der Waals surface area contributed by atoms with E-state index in [0.717, 1.165) is 17.9 Å². The lowest BCUT2D eigenvalue weighted by Gasteiger charge is -2.13. The number of esters is 1. The third kappa shape index (κ3) is 4.34. The van der Waals surface area contributed by atoms with E-state index >= 15 is 0 Å². The molecular weight excluding hydrogens is 218 g/mol. The molecule has 1 N–H and O–H groups in total. The number of anilines is 1. The van der Waals surface area contributed by atoms with Crippen molar-refractivity contribution in [3.05, 3.63) is 24.3 Å². The Bertz CT molecular complexity index is 348. The SMILES string of the molecule is CCCOc1ccc(NC(C)C(=O)OC)cc1. The molecule has 0 bridgehead atoms. The number of nitrogens with one attached hydrogen (secondary N) is 1. The summed E-state index contributed by atoms with van der Waals surface area (Å²) in [7, 11) is 1.38. The van der Waals surface area contributed by atoms with Gasteiger partial charge in [-0.1, -0.05) is 6.92 Å². The van der Waals surface area contributed by atoms with E-state index < -0.39 is 0 Å². The maximum absolute atomic E-state index is 11.2. The summed E-state index contributed by atoms with van der Waals surface area (Å²) in [6, 6.07) is 7.15. The molecule has 0 fully saturated rings. The number of hydrogen-bond acceptors (Lipinski definition) is 4. The van der Waals surface area contributed by atoms with Gasteiger partial charge >= 0.3 is 5.97 Å². The van der Waals surface area contributed by atoms with Crippen molar-refractivity contribution in [2.75, 3.05) is 19.0 Å². The average Bonchev–Trinajstić information content (AvgIpc) is 2.37. The first-order chi connectivity index (χ1) is 8.17. The Labute approximate surface area is 102 Å². The quantitative estimate of drug-likeness (QED) is 0.772. The van der Waals surface area contributed by atoms with Crippen molar-refractivity contribution in [1.82, 2.24) is 0 Å². The molecule has 0 spiro atoms. The Morgan fingerprint density at radius 2 is 2.00 bits per heavy atom. The molecular formula is C13H19NO3. The summed E-state index contributed by atoms with van der Waals surface area (Å²) >= 11 is 0. The fraction of sp³-hybridized carbons (Fsp3) is 0.462. The van der Waals surface area contributed by atoms with Gasteiger partial charge in [0.25, 0.3) is 0 Å². The van der Waals surface area contributed by atoms with Crippen molar-refractivity contribution in [3.63, 3.8) is 0 Å². The Balaban J connectivity index is 2.53. The van der Waals surface area contributed by atoms with E-state index in [1.807, 2.05) is 24.3 Å². The third-order valence-corrected chi connectivity index (χ3v) is 2.27. The zero-order chi connectivity index (χ0) is 12.7. The molecule has 17 heavy (non-hydrogen) atoms. The van der Waals surface area contributed by atoms with Crippen LogP contribution in [-0.4, -0.2) is 25.7 Å². The number of methoxy groups -OCH3 is 1. The molecule has 1 atom stereocenters. The van der Waals surface area contributed by atoms with E-state index in [1.165, 1.54) is 7.11 Å². The molecule has 0 saturated carbocycles. The molecule has 1 rings (SSSR count). The van der Waals surface area contributed by atoms with Crippen molar-refractivity contribution in [2.45, 2.75) is 26.3 Å². The van der Waals surface area contributed by atoms with Gasteiger partial charge in [-0.2, -0.15) is 0 Å². The van der Waals surface area contributed by atoms with Gasteiger partial charge in [0.15, 0.2) is 0 Å². The first kappa shape index (κ1) is 13.4. The number of benzene rings is 1. The van der Waals surface area contributed by atoms with Crippen molar-refractivity contribution >= 4 is 11.7 Å². The molecule has 1 unspecified atom stereocenters. The summed E-state index contributed by atoms with van der Waals surface area (Å²) in [5.41, 5.74) is 0.867. The van der Waals surface area contributed by atoms with E-state index in [-0.39, 0.29) is 12.0 Å². The van der Waals surface area contributed by atoms with E-state index in [9.17, 15) is 4.79 Å². The van der Waals surface area contributed by atoms with Crippen LogP contribution in [0.4, 0.5) is 5.69 Å². The second-order valence-electron chi connectivity index (χ2n) is 3.76. The molecule has 4 heteroatoms. The summed E-state index contributed by atoms with van der Waals surface area (Å²) in [5.74, 6) is 0.555. The number of carbonyl (C=O) groups excluding carboxylic acids is 1. The number of ether oxygens (including phenoxy) is 2. The van der Waals surface area contributed by atoms with Crippen LogP contribution in [0.25, 0.3) is 0 Å². The van der Waals surface area contributed by atoms with Gasteiger partial charge in [-0.15, -0.1) is 0 Å². The highest BCUT2D eigenvalue weighted by atomic mass is 16.5. The van der Waals surface area contributed by atoms with Crippen molar-refractivity contribution in [3.8, 4) is 5.75 Å². The highest BCUT2D eigenvalue weighted by Crippen LogP contribution is 2.16. The lowest BCUT2D eigenvalue weighted by Crippen LogP contribution is -2.27. The maximum Gasteiger partial charge on any atom is 0.327 e. The normalized spacial score (nSPS) is 11.7. The highest BCUT2D eigenvalue weighted by Gasteiger charge is 2.11. The van der Waals surface area contributed by atoms with Gasteiger partial charge in [0.1, 0.15) is 11.8 Å². The molecule has 1 aromatic carbocycles. The van der Waals surface area contributed by atoms with Gasteiger partial charge in [-0.3, -0.25) is 0 Å². The molecule has 0 aromatic heterocycles. The Morgan fingerprint density at radius 1 is 1.35 bits per heavy atom. The third-order valence-electron chi connectivity index (χ3n) is 2.27. The largest absolute Gasteiger partial charge is 0.494 e. The average molecular weight is 237 g/mol. The zero-order valence-electron chi connectivity index (χ0n) is 10.5. The van der Waals surface area contributed by atoms with Crippen molar-refractivity contribution < 1.29 is 14.3 Å². The van der Waals surface area contributed by atoms with Gasteiger partial charge < -0.3 is 14.8 Å². The van der Waals surface area contributed by atoms with Crippen LogP contribution < -0.4 is 10.1 Å². The van der Waals surface area contributed by atoms with Gasteiger partial charge in [0.2, 0.25) is 0 Å². The molecule has 0 aliphatic rings. The Morgan fingerprint density at radius 3 is 2.53 bits per heavy atom. The lowest BCUT2D eigenvalue weighted by atomic mass is 10.2. The molecule has 0 saturated heterocycles. The minimum absolute atomic E-state index is 0.281. The molecule has 94 valence electrons. The van der Waals surface area contributed by atoms with Crippen LogP contribution in [0.2, 0.25) is 0 Å². The van der Waals surface area contributed by atoms with Crippen LogP contribution in [0.5, 0.6) is 5.75 Å². The van der Waals surface area contributed by atoms with Crippen LogP contribution in [-0.2, 0) is 9.53 Å². The minimum atomic E-state index is -0.359. The fourth-order valence-electron chi connectivity index (χ4n) is 1.35. The van der Waals surface area contributed by atoms with Crippen LogP contribution in [0, 0.1) is 0 Å². The van der Waals surface area contributed by atoms with Crippen LogP contribution in [0.3, 0.4) is 0 Å². The highest BCUT2D eigenvalue weighted by molar-refractivity contribution is 5.78. The summed E-state index contributed by atoms with van der Waals surface area (Å²) < 4.78 is 10.1. The Kier molecular flexibility index (Phi) is 5.33. The summed E-state index contributed by atoms with van der Waals surface area (Å²) in [6.07, 6.45) is 0.985. The fourth-order valence-corrected chi connectivity index (χ4v) is 1.35. The van der Waals surface area contributed by atoms with Crippen molar-refractivity contribution in [2.24, 2.45) is 0 Å². The second-order valence-corrected chi connectivity index (χ2v) is 3.76. The lowest BCUT2D eigenvalue weighted by molar-refractivity contribution is -0.141. The minimum Gasteiger partial charge on any atom is -0.494 e. The monoisotopic (exact) mass is 237 g/mol. The van der Waals surface area contributed by atoms with Crippen LogP contribution >= 0.6 is 0 Å². The molecule has 1 aromatic rings. The molecule has 0 radical (unpaired) electrons. The van der Waals surface area contributed by atoms with Crippen LogP contribution in [0.15, 0.2) is 24.3 Å². The van der Waals surface area contributed by atoms with E-state index in [2.05, 4.69) is 17.0 Å². The summed E-state index contributed by atoms with van der Waals surface area (Å²) in [4.78, 5) is 11.2. The van der Waals surface area contributed by atoms with Crippen LogP contribution in [0.1, 0.15) is 20.3 Å². The molecule has 0 heterocycles. The number of hydrogen-bond donors (Lipinski definition) is 1. The second kappa shape index (κ2) is 6.78. The van der Waals surface area contributed by atoms with E-state index in [0.29, 0.717) is 6.61 Å². The van der Waals surface area contributed by atoms with Gasteiger partial charge in [0.05, 0.1) is 13.7 Å². The molecule has 4 nitrogen and oxygen atoms in total. The van der Waals surface area contributed by atoms with Gasteiger partial charge in [0, 0.05) is 5.69 Å². The maximum atomic E-state index is 11.2. The zero-order valence-corrected chi connectivity index (χ0v) is 10.5. The first-order valence-electron chi connectivity index (χ1n) is 5.74. The standard InChI is InChI=1S/C13H19NO3/c1-4-9-17-12-7-5-11(6-8-12)14-10(2)13(15)16-3/h5-8,10,14H,4,9H2,1-3H3. The number of rotatable bonds is 6. The Hall–Kier alpha value is -1.71. The van der Waals surface area contributed by atoms with Crippen molar-refractivity contribution in [1.29, 1.82) is 0 Å². The summed E-state index contributed by atoms with van der Waals surface area (Å²) in [6.45, 7) is 4.53. The van der Waals surface area contributed by atoms with Gasteiger partial charge in [-0.25, -0.2) is 4.79 Å². The smallest absolute Gasteiger partial charge is 0.327 e. The molecule has 0 amide bonds. The number of carbonyl (C=O) groups is 1. The predicted molar refractivity (Wildman–Crippen MR) is 67.3 cm³/mol. The topological polar surface area (TPSA) is 47.6 Å². The van der Waals surface area contributed by atoms with Gasteiger partial charge in [-0.05, 0) is 37.6 Å². The first-order valence-corrected chi connectivity index (χ1v) is 5.74. The summed E-state index contributed by atoms with van der Waals surface area (Å²) in [5, 5.41) is 3.05. The predicted octanol–water partition coefficient (Wildman–Crippen LogP) is 2.45. The molecule has 0 aliphatic carbocycles. The van der Waals surface area contributed by atoms with E-state index in [4.69, 9.17) is 4.74 Å².